The van der Waals surface area contributed by atoms with Crippen molar-refractivity contribution in [2.75, 3.05) is 30.7 Å². The molecule has 2 N–H and O–H groups in total. The lowest BCUT2D eigenvalue weighted by atomic mass is 9.89. The first-order chi connectivity index (χ1) is 18.6. The smallest absolute Gasteiger partial charge is 0.307 e. The molecule has 204 valence electrons. The molecule has 8 nitrogen and oxygen atoms in total. The average Bonchev–Trinajstić information content (AvgIpc) is 3.22. The van der Waals surface area contributed by atoms with Crippen LogP contribution < -0.4 is 5.32 Å². The second-order valence-corrected chi connectivity index (χ2v) is 11.4. The molecule has 39 heavy (non-hydrogen) atoms. The Bertz CT molecular complexity index is 1520. The van der Waals surface area contributed by atoms with E-state index < -0.39 is 33.4 Å². The maximum atomic E-state index is 13.8. The van der Waals surface area contributed by atoms with E-state index in [4.69, 9.17) is 4.99 Å². The minimum Gasteiger partial charge on any atom is -0.481 e. The van der Waals surface area contributed by atoms with Gasteiger partial charge in [-0.05, 0) is 72.2 Å². The first-order valence-corrected chi connectivity index (χ1v) is 14.3. The number of carbonyl (C=O) groups excluding carboxylic acids is 1. The number of carboxylic acid groups (broad SMARTS) is 1. The number of rotatable bonds is 11. The van der Waals surface area contributed by atoms with Crippen molar-refractivity contribution in [3.05, 3.63) is 89.2 Å². The van der Waals surface area contributed by atoms with Crippen molar-refractivity contribution in [3.63, 3.8) is 0 Å². The van der Waals surface area contributed by atoms with E-state index >= 15 is 0 Å². The number of hydrogen-bond donors (Lipinski definition) is 2. The van der Waals surface area contributed by atoms with Crippen LogP contribution in [-0.2, 0) is 25.8 Å². The zero-order valence-corrected chi connectivity index (χ0v) is 22.5. The highest BCUT2D eigenvalue weighted by Crippen LogP contribution is 2.37. The standard InChI is InChI=1S/C29H30FN3O5S/c1-3-33(4-2)14-15-39(37,38)23-11-9-22(10-12-23)31-28(20-7-5-6-19(16-20)17-26(34)35)27-24-13-8-21(30)18-25(24)32-29(27)36/h5-13,16,18,27H,3-4,14-15,17H2,1-2H3,(H,32,36)(H,34,35). The number of nitrogens with zero attached hydrogens (tertiary/aromatic N) is 2. The molecular weight excluding hydrogens is 521 g/mol. The predicted octanol–water partition coefficient (Wildman–Crippen LogP) is 4.43. The van der Waals surface area contributed by atoms with Crippen molar-refractivity contribution >= 4 is 38.8 Å². The molecule has 0 aromatic heterocycles. The van der Waals surface area contributed by atoms with Crippen molar-refractivity contribution in [1.29, 1.82) is 0 Å². The van der Waals surface area contributed by atoms with E-state index in [2.05, 4.69) is 5.32 Å². The number of halogens is 1. The van der Waals surface area contributed by atoms with Gasteiger partial charge in [-0.3, -0.25) is 14.6 Å². The van der Waals surface area contributed by atoms with Crippen LogP contribution in [0.4, 0.5) is 15.8 Å². The summed E-state index contributed by atoms with van der Waals surface area (Å²) >= 11 is 0. The molecule has 0 radical (unpaired) electrons. The number of amides is 1. The van der Waals surface area contributed by atoms with Crippen molar-refractivity contribution in [1.82, 2.24) is 4.90 Å². The lowest BCUT2D eigenvalue weighted by molar-refractivity contribution is -0.136. The highest BCUT2D eigenvalue weighted by molar-refractivity contribution is 7.91. The van der Waals surface area contributed by atoms with Crippen LogP contribution in [-0.4, -0.2) is 61.4 Å². The Morgan fingerprint density at radius 3 is 2.44 bits per heavy atom. The second-order valence-electron chi connectivity index (χ2n) is 9.26. The number of carbonyl (C=O) groups is 2. The van der Waals surface area contributed by atoms with Gasteiger partial charge in [0.15, 0.2) is 9.84 Å². The first kappa shape index (κ1) is 28.1. The molecule has 1 aliphatic rings. The van der Waals surface area contributed by atoms with Gasteiger partial charge in [0, 0.05) is 12.2 Å². The van der Waals surface area contributed by atoms with Crippen LogP contribution in [0, 0.1) is 5.82 Å². The second kappa shape index (κ2) is 11.9. The number of aliphatic imine (C=N–C) groups is 1. The Labute approximate surface area is 227 Å². The van der Waals surface area contributed by atoms with E-state index in [0.29, 0.717) is 40.3 Å². The molecule has 0 spiro atoms. The molecule has 1 atom stereocenters. The predicted molar refractivity (Wildman–Crippen MR) is 148 cm³/mol. The van der Waals surface area contributed by atoms with Crippen molar-refractivity contribution in [3.8, 4) is 0 Å². The number of carboxylic acids is 1. The molecule has 1 aliphatic heterocycles. The first-order valence-electron chi connectivity index (χ1n) is 12.7. The highest BCUT2D eigenvalue weighted by Gasteiger charge is 2.35. The topological polar surface area (TPSA) is 116 Å². The Balaban J connectivity index is 1.73. The molecule has 0 saturated carbocycles. The van der Waals surface area contributed by atoms with Crippen LogP contribution in [0.5, 0.6) is 0 Å². The van der Waals surface area contributed by atoms with Crippen molar-refractivity contribution in [2.45, 2.75) is 31.1 Å². The van der Waals surface area contributed by atoms with Gasteiger partial charge >= 0.3 is 5.97 Å². The minimum atomic E-state index is -3.50. The molecule has 3 aromatic rings. The van der Waals surface area contributed by atoms with Gasteiger partial charge in [0.05, 0.1) is 28.5 Å². The summed E-state index contributed by atoms with van der Waals surface area (Å²) in [4.78, 5) is 31.3. The van der Waals surface area contributed by atoms with E-state index in [1.54, 1.807) is 36.4 Å². The van der Waals surface area contributed by atoms with Crippen LogP contribution in [0.25, 0.3) is 0 Å². The maximum absolute atomic E-state index is 13.8. The fraction of sp³-hybridized carbons (Fsp3) is 0.276. The molecule has 0 saturated heterocycles. The van der Waals surface area contributed by atoms with E-state index in [9.17, 15) is 27.5 Å². The third-order valence-electron chi connectivity index (χ3n) is 6.71. The Morgan fingerprint density at radius 1 is 1.05 bits per heavy atom. The SMILES string of the molecule is CCN(CC)CCS(=O)(=O)c1ccc(N=C(c2cccc(CC(=O)O)c2)C2C(=O)Nc3cc(F)ccc32)cc1. The van der Waals surface area contributed by atoms with Gasteiger partial charge < -0.3 is 15.3 Å². The summed E-state index contributed by atoms with van der Waals surface area (Å²) in [7, 11) is -3.50. The molecule has 0 aliphatic carbocycles. The van der Waals surface area contributed by atoms with Crippen molar-refractivity contribution < 1.29 is 27.5 Å². The van der Waals surface area contributed by atoms with Gasteiger partial charge in [-0.15, -0.1) is 0 Å². The van der Waals surface area contributed by atoms with Crippen LogP contribution in [0.1, 0.15) is 36.5 Å². The molecule has 0 bridgehead atoms. The average molecular weight is 552 g/mol. The normalized spacial score (nSPS) is 15.3. The monoisotopic (exact) mass is 551 g/mol. The van der Waals surface area contributed by atoms with Crippen LogP contribution in [0.2, 0.25) is 0 Å². The van der Waals surface area contributed by atoms with E-state index in [1.807, 2.05) is 18.7 Å². The van der Waals surface area contributed by atoms with Crippen LogP contribution in [0.3, 0.4) is 0 Å². The number of aliphatic carboxylic acids is 1. The molecule has 0 fully saturated rings. The van der Waals surface area contributed by atoms with Gasteiger partial charge in [-0.1, -0.05) is 38.1 Å². The van der Waals surface area contributed by atoms with E-state index in [1.165, 1.54) is 30.3 Å². The zero-order valence-electron chi connectivity index (χ0n) is 21.7. The fourth-order valence-corrected chi connectivity index (χ4v) is 5.88. The summed E-state index contributed by atoms with van der Waals surface area (Å²) in [5.41, 5.74) is 2.69. The van der Waals surface area contributed by atoms with Crippen LogP contribution in [0.15, 0.2) is 76.6 Å². The van der Waals surface area contributed by atoms with E-state index in [-0.39, 0.29) is 17.1 Å². The van der Waals surface area contributed by atoms with E-state index in [0.717, 1.165) is 13.1 Å². The quantitative estimate of drug-likeness (QED) is 0.341. The lowest BCUT2D eigenvalue weighted by Crippen LogP contribution is -2.29. The largest absolute Gasteiger partial charge is 0.481 e. The van der Waals surface area contributed by atoms with Crippen LogP contribution >= 0.6 is 0 Å². The molecule has 1 unspecified atom stereocenters. The summed E-state index contributed by atoms with van der Waals surface area (Å²) in [6, 6.07) is 16.9. The third-order valence-corrected chi connectivity index (χ3v) is 8.42. The summed E-state index contributed by atoms with van der Waals surface area (Å²) < 4.78 is 39.6. The summed E-state index contributed by atoms with van der Waals surface area (Å²) in [6.45, 7) is 5.93. The third kappa shape index (κ3) is 6.58. The minimum absolute atomic E-state index is 0.00545. The van der Waals surface area contributed by atoms with Gasteiger partial charge in [-0.25, -0.2) is 12.8 Å². The fourth-order valence-electron chi connectivity index (χ4n) is 4.59. The number of anilines is 1. The Hall–Kier alpha value is -3.89. The molecular formula is C29H30FN3O5S. The number of hydrogen-bond acceptors (Lipinski definition) is 6. The van der Waals surface area contributed by atoms with Gasteiger partial charge in [0.1, 0.15) is 11.7 Å². The number of benzene rings is 3. The maximum Gasteiger partial charge on any atom is 0.307 e. The van der Waals surface area contributed by atoms with Gasteiger partial charge in [-0.2, -0.15) is 0 Å². The number of fused-ring (bicyclic) bond motifs is 1. The Morgan fingerprint density at radius 2 is 1.77 bits per heavy atom. The number of sulfone groups is 1. The Kier molecular flexibility index (Phi) is 8.57. The summed E-state index contributed by atoms with van der Waals surface area (Å²) in [5.74, 6) is -2.77. The lowest BCUT2D eigenvalue weighted by Gasteiger charge is -2.17. The molecule has 10 heteroatoms. The number of nitrogens with one attached hydrogen (secondary N) is 1. The summed E-state index contributed by atoms with van der Waals surface area (Å²) in [6.07, 6.45) is -0.209. The zero-order chi connectivity index (χ0) is 28.2. The summed E-state index contributed by atoms with van der Waals surface area (Å²) in [5, 5.41) is 11.9. The van der Waals surface area contributed by atoms with Gasteiger partial charge in [0.2, 0.25) is 5.91 Å². The highest BCUT2D eigenvalue weighted by atomic mass is 32.2. The van der Waals surface area contributed by atoms with Crippen molar-refractivity contribution in [2.24, 2.45) is 4.99 Å². The molecule has 3 aromatic carbocycles. The molecule has 1 amide bonds. The molecule has 4 rings (SSSR count). The molecule has 1 heterocycles. The van der Waals surface area contributed by atoms with Gasteiger partial charge in [0.25, 0.3) is 0 Å².